The Morgan fingerprint density at radius 2 is 2.25 bits per heavy atom. The highest BCUT2D eigenvalue weighted by molar-refractivity contribution is 5.83. The average molecular weight is 222 g/mol. The number of hydrogen-bond acceptors (Lipinski definition) is 3. The van der Waals surface area contributed by atoms with Gasteiger partial charge in [-0.25, -0.2) is 0 Å². The summed E-state index contributed by atoms with van der Waals surface area (Å²) in [6.07, 6.45) is 0. The van der Waals surface area contributed by atoms with Crippen LogP contribution in [0.15, 0.2) is 18.2 Å². The fraction of sp³-hybridized carbons (Fsp3) is 0.417. The van der Waals surface area contributed by atoms with E-state index in [1.54, 1.807) is 14.2 Å². The van der Waals surface area contributed by atoms with Crippen LogP contribution < -0.4 is 15.8 Å². The van der Waals surface area contributed by atoms with Crippen LogP contribution in [0.25, 0.3) is 0 Å². The second-order valence-corrected chi connectivity index (χ2v) is 3.63. The molecule has 0 radical (unpaired) electrons. The van der Waals surface area contributed by atoms with Crippen molar-refractivity contribution in [3.63, 3.8) is 0 Å². The van der Waals surface area contributed by atoms with Crippen LogP contribution in [0, 0.1) is 6.92 Å². The molecular formula is C12H18N2O2. The predicted molar refractivity (Wildman–Crippen MR) is 63.6 cm³/mol. The topological polar surface area (TPSA) is 64.4 Å². The van der Waals surface area contributed by atoms with Crippen LogP contribution in [0.3, 0.4) is 0 Å². The second kappa shape index (κ2) is 5.51. The molecule has 1 aromatic carbocycles. The fourth-order valence-corrected chi connectivity index (χ4v) is 1.69. The molecule has 0 aliphatic heterocycles. The largest absolute Gasteiger partial charge is 0.496 e. The molecular weight excluding hydrogens is 204 g/mol. The lowest BCUT2D eigenvalue weighted by Gasteiger charge is -2.15. The molecule has 1 unspecified atom stereocenters. The summed E-state index contributed by atoms with van der Waals surface area (Å²) >= 11 is 0. The van der Waals surface area contributed by atoms with Crippen LogP contribution in [0.2, 0.25) is 0 Å². The van der Waals surface area contributed by atoms with Gasteiger partial charge in [0.2, 0.25) is 5.91 Å². The summed E-state index contributed by atoms with van der Waals surface area (Å²) in [5.41, 5.74) is 7.53. The minimum atomic E-state index is -0.297. The number of nitrogens with one attached hydrogen (secondary N) is 1. The van der Waals surface area contributed by atoms with Crippen molar-refractivity contribution in [3.05, 3.63) is 29.3 Å². The lowest BCUT2D eigenvalue weighted by atomic mass is 9.96. The highest BCUT2D eigenvalue weighted by Crippen LogP contribution is 2.23. The van der Waals surface area contributed by atoms with Crippen LogP contribution in [0.1, 0.15) is 17.0 Å². The summed E-state index contributed by atoms with van der Waals surface area (Å²) in [5, 5.41) is 2.61. The summed E-state index contributed by atoms with van der Waals surface area (Å²) in [4.78, 5) is 11.6. The Bertz CT molecular complexity index is 377. The molecule has 0 saturated carbocycles. The molecule has 88 valence electrons. The lowest BCUT2D eigenvalue weighted by molar-refractivity contribution is -0.121. The van der Waals surface area contributed by atoms with Crippen molar-refractivity contribution in [2.75, 3.05) is 20.7 Å². The van der Waals surface area contributed by atoms with E-state index in [0.717, 1.165) is 16.9 Å². The minimum absolute atomic E-state index is 0.0629. The number of ether oxygens (including phenoxy) is 1. The minimum Gasteiger partial charge on any atom is -0.496 e. The number of rotatable bonds is 4. The summed E-state index contributed by atoms with van der Waals surface area (Å²) in [7, 11) is 3.24. The summed E-state index contributed by atoms with van der Waals surface area (Å²) in [6.45, 7) is 2.24. The smallest absolute Gasteiger partial charge is 0.228 e. The van der Waals surface area contributed by atoms with E-state index >= 15 is 0 Å². The molecule has 0 spiro atoms. The van der Waals surface area contributed by atoms with Gasteiger partial charge in [0.15, 0.2) is 0 Å². The molecule has 0 heterocycles. The van der Waals surface area contributed by atoms with E-state index < -0.39 is 0 Å². The molecule has 1 atom stereocenters. The van der Waals surface area contributed by atoms with Crippen LogP contribution in [0.4, 0.5) is 0 Å². The lowest BCUT2D eigenvalue weighted by Crippen LogP contribution is -2.30. The molecule has 4 heteroatoms. The van der Waals surface area contributed by atoms with Crippen molar-refractivity contribution in [2.24, 2.45) is 5.73 Å². The highest BCUT2D eigenvalue weighted by atomic mass is 16.5. The van der Waals surface area contributed by atoms with Crippen molar-refractivity contribution in [1.29, 1.82) is 0 Å². The Hall–Kier alpha value is -1.55. The van der Waals surface area contributed by atoms with Crippen molar-refractivity contribution >= 4 is 5.91 Å². The van der Waals surface area contributed by atoms with E-state index in [9.17, 15) is 4.79 Å². The van der Waals surface area contributed by atoms with Crippen molar-refractivity contribution in [3.8, 4) is 5.75 Å². The van der Waals surface area contributed by atoms with Crippen LogP contribution in [-0.4, -0.2) is 26.6 Å². The number of benzene rings is 1. The third kappa shape index (κ3) is 2.52. The van der Waals surface area contributed by atoms with E-state index in [-0.39, 0.29) is 11.8 Å². The molecule has 1 amide bonds. The van der Waals surface area contributed by atoms with Gasteiger partial charge in [0, 0.05) is 13.6 Å². The Morgan fingerprint density at radius 1 is 1.56 bits per heavy atom. The molecule has 3 N–H and O–H groups in total. The number of likely N-dealkylation sites (N-methyl/N-ethyl adjacent to an activating group) is 1. The number of amides is 1. The Balaban J connectivity index is 3.03. The van der Waals surface area contributed by atoms with Crippen molar-refractivity contribution in [1.82, 2.24) is 5.32 Å². The summed E-state index contributed by atoms with van der Waals surface area (Å²) < 4.78 is 5.17. The Labute approximate surface area is 95.8 Å². The van der Waals surface area contributed by atoms with Gasteiger partial charge in [-0.15, -0.1) is 0 Å². The van der Waals surface area contributed by atoms with Gasteiger partial charge in [-0.05, 0) is 24.1 Å². The van der Waals surface area contributed by atoms with Gasteiger partial charge in [-0.3, -0.25) is 4.79 Å². The van der Waals surface area contributed by atoms with Gasteiger partial charge in [0.05, 0.1) is 13.0 Å². The van der Waals surface area contributed by atoms with Crippen LogP contribution in [-0.2, 0) is 4.79 Å². The van der Waals surface area contributed by atoms with Crippen molar-refractivity contribution < 1.29 is 9.53 Å². The second-order valence-electron chi connectivity index (χ2n) is 3.63. The zero-order valence-corrected chi connectivity index (χ0v) is 9.91. The van der Waals surface area contributed by atoms with Gasteiger partial charge in [0.1, 0.15) is 5.75 Å². The van der Waals surface area contributed by atoms with Gasteiger partial charge in [-0.2, -0.15) is 0 Å². The third-order valence-corrected chi connectivity index (χ3v) is 2.62. The van der Waals surface area contributed by atoms with Crippen molar-refractivity contribution in [2.45, 2.75) is 12.8 Å². The third-order valence-electron chi connectivity index (χ3n) is 2.62. The normalized spacial score (nSPS) is 12.0. The zero-order valence-electron chi connectivity index (χ0n) is 9.91. The first-order chi connectivity index (χ1) is 7.63. The number of hydrogen-bond donors (Lipinski definition) is 2. The first kappa shape index (κ1) is 12.5. The fourth-order valence-electron chi connectivity index (χ4n) is 1.69. The Kier molecular flexibility index (Phi) is 4.31. The molecule has 4 nitrogen and oxygen atoms in total. The van der Waals surface area contributed by atoms with E-state index in [1.807, 2.05) is 25.1 Å². The molecule has 0 aliphatic carbocycles. The maximum Gasteiger partial charge on any atom is 0.228 e. The monoisotopic (exact) mass is 222 g/mol. The molecule has 1 aromatic rings. The van der Waals surface area contributed by atoms with Gasteiger partial charge in [-0.1, -0.05) is 12.1 Å². The van der Waals surface area contributed by atoms with Gasteiger partial charge >= 0.3 is 0 Å². The first-order valence-corrected chi connectivity index (χ1v) is 5.20. The zero-order chi connectivity index (χ0) is 12.1. The van der Waals surface area contributed by atoms with Crippen LogP contribution >= 0.6 is 0 Å². The predicted octanol–water partition coefficient (Wildman–Crippen LogP) is 0.792. The molecule has 0 aromatic heterocycles. The number of carbonyl (C=O) groups is 1. The molecule has 0 fully saturated rings. The van der Waals surface area contributed by atoms with E-state index in [1.165, 1.54) is 0 Å². The maximum atomic E-state index is 11.6. The van der Waals surface area contributed by atoms with Gasteiger partial charge in [0.25, 0.3) is 0 Å². The summed E-state index contributed by atoms with van der Waals surface area (Å²) in [6, 6.07) is 5.67. The average Bonchev–Trinajstić information content (AvgIpc) is 2.30. The molecule has 0 bridgehead atoms. The number of methoxy groups -OCH3 is 1. The quantitative estimate of drug-likeness (QED) is 0.791. The summed E-state index contributed by atoms with van der Waals surface area (Å²) in [5.74, 6) is 0.457. The molecule has 0 aliphatic rings. The number of aryl methyl sites for hydroxylation is 1. The SMILES string of the molecule is CNC(=O)C(CN)c1ccc(OC)c(C)c1. The molecule has 16 heavy (non-hydrogen) atoms. The van der Waals surface area contributed by atoms with E-state index in [0.29, 0.717) is 6.54 Å². The highest BCUT2D eigenvalue weighted by Gasteiger charge is 2.18. The standard InChI is InChI=1S/C12H18N2O2/c1-8-6-9(4-5-11(8)16-3)10(7-13)12(15)14-2/h4-6,10H,7,13H2,1-3H3,(H,14,15). The molecule has 1 rings (SSSR count). The molecule has 0 saturated heterocycles. The Morgan fingerprint density at radius 3 is 2.69 bits per heavy atom. The van der Waals surface area contributed by atoms with Crippen LogP contribution in [0.5, 0.6) is 5.75 Å². The number of nitrogens with two attached hydrogens (primary N) is 1. The first-order valence-electron chi connectivity index (χ1n) is 5.20. The van der Waals surface area contributed by atoms with Gasteiger partial charge < -0.3 is 15.8 Å². The number of carbonyl (C=O) groups excluding carboxylic acids is 1. The van der Waals surface area contributed by atoms with E-state index in [4.69, 9.17) is 10.5 Å². The van der Waals surface area contributed by atoms with E-state index in [2.05, 4.69) is 5.32 Å². The maximum absolute atomic E-state index is 11.6.